The number of nitrogens with zero attached hydrogens (tertiary/aromatic N) is 4. The van der Waals surface area contributed by atoms with Crippen LogP contribution in [0.3, 0.4) is 0 Å². The van der Waals surface area contributed by atoms with Crippen molar-refractivity contribution >= 4 is 17.2 Å². The maximum absolute atomic E-state index is 12.6. The van der Waals surface area contributed by atoms with Crippen LogP contribution in [0.15, 0.2) is 17.9 Å². The van der Waals surface area contributed by atoms with E-state index in [1.165, 1.54) is 11.3 Å². The van der Waals surface area contributed by atoms with Crippen LogP contribution < -0.4 is 0 Å². The van der Waals surface area contributed by atoms with Gasteiger partial charge in [-0.3, -0.25) is 4.79 Å². The Balaban J connectivity index is 1.77. The molecule has 2 aromatic rings. The zero-order chi connectivity index (χ0) is 14.1. The molecule has 1 aliphatic rings. The molecule has 0 unspecified atom stereocenters. The molecule has 5 nitrogen and oxygen atoms in total. The van der Waals surface area contributed by atoms with Crippen molar-refractivity contribution in [2.45, 2.75) is 32.7 Å². The van der Waals surface area contributed by atoms with Gasteiger partial charge in [0.25, 0.3) is 5.91 Å². The lowest BCUT2D eigenvalue weighted by Gasteiger charge is -2.33. The van der Waals surface area contributed by atoms with Crippen molar-refractivity contribution in [2.24, 2.45) is 0 Å². The Morgan fingerprint density at radius 2 is 2.25 bits per heavy atom. The first-order valence-corrected chi connectivity index (χ1v) is 7.73. The Labute approximate surface area is 122 Å². The number of piperidine rings is 1. The Bertz CT molecular complexity index is 618. The highest BCUT2D eigenvalue weighted by atomic mass is 32.1. The summed E-state index contributed by atoms with van der Waals surface area (Å²) in [7, 11) is 0. The van der Waals surface area contributed by atoms with Gasteiger partial charge < -0.3 is 9.47 Å². The first-order chi connectivity index (χ1) is 9.66. The van der Waals surface area contributed by atoms with E-state index in [0.29, 0.717) is 6.04 Å². The topological polar surface area (TPSA) is 51.0 Å². The average Bonchev–Trinajstić information content (AvgIpc) is 3.07. The summed E-state index contributed by atoms with van der Waals surface area (Å²) < 4.78 is 2.18. The third-order valence-electron chi connectivity index (χ3n) is 3.88. The monoisotopic (exact) mass is 290 g/mol. The standard InChI is InChI=1S/C14H18N4OS/c1-10-13(20-9-16-10)14(19)17-6-3-4-12(8-17)18-7-5-15-11(18)2/h5,7,9,12H,3-4,6,8H2,1-2H3/t12-/m0/s1. The molecular weight excluding hydrogens is 272 g/mol. The van der Waals surface area contributed by atoms with Crippen LogP contribution in [0.2, 0.25) is 0 Å². The second-order valence-electron chi connectivity index (χ2n) is 5.20. The molecule has 1 fully saturated rings. The van der Waals surface area contributed by atoms with Gasteiger partial charge in [0.2, 0.25) is 0 Å². The number of likely N-dealkylation sites (tertiary alicyclic amines) is 1. The normalized spacial score (nSPS) is 19.3. The van der Waals surface area contributed by atoms with E-state index in [-0.39, 0.29) is 5.91 Å². The fourth-order valence-electron chi connectivity index (χ4n) is 2.79. The molecule has 2 aromatic heterocycles. The van der Waals surface area contributed by atoms with E-state index in [1.54, 1.807) is 5.51 Å². The predicted molar refractivity (Wildman–Crippen MR) is 78.0 cm³/mol. The summed E-state index contributed by atoms with van der Waals surface area (Å²) in [5.74, 6) is 1.13. The molecule has 6 heteroatoms. The van der Waals surface area contributed by atoms with Gasteiger partial charge in [-0.05, 0) is 26.7 Å². The highest BCUT2D eigenvalue weighted by Crippen LogP contribution is 2.25. The summed E-state index contributed by atoms with van der Waals surface area (Å²) in [4.78, 5) is 23.7. The number of carbonyl (C=O) groups excluding carboxylic acids is 1. The molecule has 1 atom stereocenters. The van der Waals surface area contributed by atoms with Crippen molar-refractivity contribution in [3.63, 3.8) is 0 Å². The summed E-state index contributed by atoms with van der Waals surface area (Å²) in [5, 5.41) is 0. The molecule has 0 spiro atoms. The van der Waals surface area contributed by atoms with E-state index in [0.717, 1.165) is 42.3 Å². The Morgan fingerprint density at radius 1 is 1.40 bits per heavy atom. The van der Waals surface area contributed by atoms with Crippen molar-refractivity contribution in [2.75, 3.05) is 13.1 Å². The molecule has 3 rings (SSSR count). The Kier molecular flexibility index (Phi) is 3.56. The number of hydrogen-bond acceptors (Lipinski definition) is 4. The van der Waals surface area contributed by atoms with Crippen LogP contribution in [-0.4, -0.2) is 38.4 Å². The number of hydrogen-bond donors (Lipinski definition) is 0. The van der Waals surface area contributed by atoms with Crippen LogP contribution in [0.1, 0.15) is 40.1 Å². The zero-order valence-corrected chi connectivity index (χ0v) is 12.6. The minimum Gasteiger partial charge on any atom is -0.336 e. The Hall–Kier alpha value is -1.69. The number of aromatic nitrogens is 3. The van der Waals surface area contributed by atoms with Gasteiger partial charge in [0, 0.05) is 25.5 Å². The van der Waals surface area contributed by atoms with Crippen molar-refractivity contribution in [1.29, 1.82) is 0 Å². The molecule has 3 heterocycles. The third kappa shape index (κ3) is 2.35. The molecule has 0 saturated carbocycles. The van der Waals surface area contributed by atoms with E-state index in [9.17, 15) is 4.79 Å². The van der Waals surface area contributed by atoms with Gasteiger partial charge in [0.1, 0.15) is 10.7 Å². The van der Waals surface area contributed by atoms with Gasteiger partial charge in [0.15, 0.2) is 0 Å². The largest absolute Gasteiger partial charge is 0.336 e. The molecule has 106 valence electrons. The van der Waals surface area contributed by atoms with Crippen LogP contribution in [0, 0.1) is 13.8 Å². The SMILES string of the molecule is Cc1ncsc1C(=O)N1CCC[C@H](n2ccnc2C)C1. The van der Waals surface area contributed by atoms with Gasteiger partial charge in [-0.2, -0.15) is 0 Å². The van der Waals surface area contributed by atoms with Crippen LogP contribution >= 0.6 is 11.3 Å². The van der Waals surface area contributed by atoms with Crippen molar-refractivity contribution < 1.29 is 4.79 Å². The van der Waals surface area contributed by atoms with Gasteiger partial charge in [0.05, 0.1) is 17.2 Å². The number of amides is 1. The minimum atomic E-state index is 0.118. The zero-order valence-electron chi connectivity index (χ0n) is 11.7. The van der Waals surface area contributed by atoms with Crippen LogP contribution in [0.4, 0.5) is 0 Å². The molecule has 1 saturated heterocycles. The summed E-state index contributed by atoms with van der Waals surface area (Å²) >= 11 is 1.43. The number of rotatable bonds is 2. The highest BCUT2D eigenvalue weighted by Gasteiger charge is 2.27. The average molecular weight is 290 g/mol. The molecule has 0 aromatic carbocycles. The fourth-order valence-corrected chi connectivity index (χ4v) is 3.56. The van der Waals surface area contributed by atoms with Gasteiger partial charge in [-0.15, -0.1) is 11.3 Å². The summed E-state index contributed by atoms with van der Waals surface area (Å²) in [5.41, 5.74) is 2.57. The highest BCUT2D eigenvalue weighted by molar-refractivity contribution is 7.11. The van der Waals surface area contributed by atoms with E-state index >= 15 is 0 Å². The maximum Gasteiger partial charge on any atom is 0.265 e. The van der Waals surface area contributed by atoms with Crippen LogP contribution in [0.25, 0.3) is 0 Å². The molecule has 0 radical (unpaired) electrons. The molecular formula is C14H18N4OS. The lowest BCUT2D eigenvalue weighted by atomic mass is 10.0. The van der Waals surface area contributed by atoms with Gasteiger partial charge in [-0.25, -0.2) is 9.97 Å². The third-order valence-corrected chi connectivity index (χ3v) is 4.80. The van der Waals surface area contributed by atoms with Gasteiger partial charge >= 0.3 is 0 Å². The van der Waals surface area contributed by atoms with E-state index in [1.807, 2.05) is 31.1 Å². The smallest absolute Gasteiger partial charge is 0.265 e. The van der Waals surface area contributed by atoms with Gasteiger partial charge in [-0.1, -0.05) is 0 Å². The summed E-state index contributed by atoms with van der Waals surface area (Å²) in [6.07, 6.45) is 5.96. The second kappa shape index (κ2) is 5.36. The van der Waals surface area contributed by atoms with Crippen molar-refractivity contribution in [3.8, 4) is 0 Å². The number of aryl methyl sites for hydroxylation is 2. The van der Waals surface area contributed by atoms with Crippen LogP contribution in [-0.2, 0) is 0 Å². The first kappa shape index (κ1) is 13.3. The molecule has 1 amide bonds. The minimum absolute atomic E-state index is 0.118. The number of imidazole rings is 1. The fraction of sp³-hybridized carbons (Fsp3) is 0.500. The van der Waals surface area contributed by atoms with E-state index in [2.05, 4.69) is 14.5 Å². The van der Waals surface area contributed by atoms with Crippen molar-refractivity contribution in [3.05, 3.63) is 34.3 Å². The first-order valence-electron chi connectivity index (χ1n) is 6.85. The second-order valence-corrected chi connectivity index (χ2v) is 6.05. The molecule has 20 heavy (non-hydrogen) atoms. The van der Waals surface area contributed by atoms with E-state index in [4.69, 9.17) is 0 Å². The molecule has 0 bridgehead atoms. The molecule has 0 aliphatic carbocycles. The predicted octanol–water partition coefficient (Wildman–Crippen LogP) is 2.43. The lowest BCUT2D eigenvalue weighted by Crippen LogP contribution is -2.40. The summed E-state index contributed by atoms with van der Waals surface area (Å²) in [6.45, 7) is 5.49. The maximum atomic E-state index is 12.6. The van der Waals surface area contributed by atoms with Crippen molar-refractivity contribution in [1.82, 2.24) is 19.4 Å². The van der Waals surface area contributed by atoms with Crippen LogP contribution in [0.5, 0.6) is 0 Å². The van der Waals surface area contributed by atoms with E-state index < -0.39 is 0 Å². The summed E-state index contributed by atoms with van der Waals surface area (Å²) in [6, 6.07) is 0.337. The quantitative estimate of drug-likeness (QED) is 0.853. The number of thiazole rings is 1. The molecule has 1 aliphatic heterocycles. The Morgan fingerprint density at radius 3 is 2.90 bits per heavy atom. The number of carbonyl (C=O) groups is 1. The lowest BCUT2D eigenvalue weighted by molar-refractivity contribution is 0.0682. The molecule has 0 N–H and O–H groups in total.